The minimum atomic E-state index is -3.52. The number of anilines is 1. The van der Waals surface area contributed by atoms with Crippen molar-refractivity contribution in [1.82, 2.24) is 15.6 Å². The van der Waals surface area contributed by atoms with E-state index in [2.05, 4.69) is 15.6 Å². The first kappa shape index (κ1) is 28.3. The van der Waals surface area contributed by atoms with Gasteiger partial charge in [-0.1, -0.05) is 34.6 Å². The first-order chi connectivity index (χ1) is 14.6. The number of sulfonamides is 1. The van der Waals surface area contributed by atoms with Crippen LogP contribution in [0.3, 0.4) is 0 Å². The Hall–Kier alpha value is -1.76. The SMILES string of the molecule is CC(C)CNC(=O)[C@H](C)[C@@H](O)[C@H](O)[C@H](CC(C)C)NC(=O)c1csc(N(C)S(C)(=O)=O)n1. The molecule has 4 atom stereocenters. The Balaban J connectivity index is 2.95. The van der Waals surface area contributed by atoms with Crippen molar-refractivity contribution in [2.45, 2.75) is 59.3 Å². The van der Waals surface area contributed by atoms with Crippen molar-refractivity contribution in [1.29, 1.82) is 0 Å². The summed E-state index contributed by atoms with van der Waals surface area (Å²) in [5.74, 6) is -1.55. The standard InChI is InChI=1S/C20H36N4O6S2/c1-11(2)8-14(17(26)16(25)13(5)18(27)21-9-12(3)4)22-19(28)15-10-31-20(23-15)24(6)32(7,29)30/h10-14,16-17,25-26H,8-9H2,1-7H3,(H,21,27)(H,22,28)/t13-,14+,16-,17-/m1/s1. The van der Waals surface area contributed by atoms with Crippen LogP contribution >= 0.6 is 11.3 Å². The summed E-state index contributed by atoms with van der Waals surface area (Å²) >= 11 is 0.995. The van der Waals surface area contributed by atoms with Gasteiger partial charge in [0.15, 0.2) is 5.13 Å². The molecule has 10 nitrogen and oxygen atoms in total. The molecule has 1 heterocycles. The van der Waals surface area contributed by atoms with E-state index in [0.717, 1.165) is 21.9 Å². The lowest BCUT2D eigenvalue weighted by molar-refractivity contribution is -0.132. The van der Waals surface area contributed by atoms with Crippen LogP contribution in [0.15, 0.2) is 5.38 Å². The predicted molar refractivity (Wildman–Crippen MR) is 125 cm³/mol. The van der Waals surface area contributed by atoms with Crippen LogP contribution in [-0.4, -0.2) is 73.5 Å². The highest BCUT2D eigenvalue weighted by Gasteiger charge is 2.35. The van der Waals surface area contributed by atoms with Crippen molar-refractivity contribution >= 4 is 38.3 Å². The molecule has 0 aliphatic heterocycles. The van der Waals surface area contributed by atoms with Crippen LogP contribution in [0, 0.1) is 17.8 Å². The number of rotatable bonds is 12. The fourth-order valence-corrected chi connectivity index (χ4v) is 4.38. The molecule has 4 N–H and O–H groups in total. The van der Waals surface area contributed by atoms with Crippen molar-refractivity contribution in [3.63, 3.8) is 0 Å². The van der Waals surface area contributed by atoms with Crippen LogP contribution < -0.4 is 14.9 Å². The van der Waals surface area contributed by atoms with Gasteiger partial charge in [-0.3, -0.25) is 9.59 Å². The van der Waals surface area contributed by atoms with Crippen LogP contribution in [0.4, 0.5) is 5.13 Å². The van der Waals surface area contributed by atoms with E-state index in [1.165, 1.54) is 19.4 Å². The third kappa shape index (κ3) is 8.30. The molecule has 1 aromatic rings. The molecule has 0 bridgehead atoms. The smallest absolute Gasteiger partial charge is 0.271 e. The Morgan fingerprint density at radius 1 is 1.12 bits per heavy atom. The van der Waals surface area contributed by atoms with Gasteiger partial charge in [0.1, 0.15) is 11.8 Å². The summed E-state index contributed by atoms with van der Waals surface area (Å²) in [7, 11) is -2.18. The number of aromatic nitrogens is 1. The minimum absolute atomic E-state index is 0.00123. The second kappa shape index (κ2) is 11.9. The minimum Gasteiger partial charge on any atom is -0.390 e. The number of aliphatic hydroxyl groups is 2. The quantitative estimate of drug-likeness (QED) is 0.337. The number of hydrogen-bond acceptors (Lipinski definition) is 8. The fraction of sp³-hybridized carbons (Fsp3) is 0.750. The molecule has 0 unspecified atom stereocenters. The zero-order valence-corrected chi connectivity index (χ0v) is 21.3. The van der Waals surface area contributed by atoms with E-state index in [9.17, 15) is 28.2 Å². The predicted octanol–water partition coefficient (Wildman–Crippen LogP) is 0.814. The largest absolute Gasteiger partial charge is 0.390 e. The molecule has 12 heteroatoms. The second-order valence-corrected chi connectivity index (χ2v) is 11.7. The second-order valence-electron chi connectivity index (χ2n) is 8.86. The average molecular weight is 493 g/mol. The number of nitrogens with one attached hydrogen (secondary N) is 2. The van der Waals surface area contributed by atoms with Crippen molar-refractivity contribution in [2.24, 2.45) is 17.8 Å². The van der Waals surface area contributed by atoms with Crippen molar-refractivity contribution < 1.29 is 28.2 Å². The Morgan fingerprint density at radius 2 is 1.72 bits per heavy atom. The highest BCUT2D eigenvalue weighted by Crippen LogP contribution is 2.22. The number of thiazole rings is 1. The normalized spacial score (nSPS) is 15.8. The van der Waals surface area contributed by atoms with Crippen LogP contribution in [0.2, 0.25) is 0 Å². The molecule has 32 heavy (non-hydrogen) atoms. The summed E-state index contributed by atoms with van der Waals surface area (Å²) < 4.78 is 24.3. The van der Waals surface area contributed by atoms with Gasteiger partial charge in [0, 0.05) is 19.0 Å². The van der Waals surface area contributed by atoms with Gasteiger partial charge < -0.3 is 20.8 Å². The molecule has 2 amide bonds. The maximum atomic E-state index is 12.7. The van der Waals surface area contributed by atoms with Gasteiger partial charge in [-0.25, -0.2) is 17.7 Å². The fourth-order valence-electron chi connectivity index (χ4n) is 2.84. The Bertz CT molecular complexity index is 871. The van der Waals surface area contributed by atoms with E-state index in [4.69, 9.17) is 0 Å². The first-order valence-electron chi connectivity index (χ1n) is 10.5. The van der Waals surface area contributed by atoms with E-state index in [0.29, 0.717) is 13.0 Å². The maximum absolute atomic E-state index is 12.7. The van der Waals surface area contributed by atoms with Crippen molar-refractivity contribution in [2.75, 3.05) is 24.2 Å². The average Bonchev–Trinajstić information content (AvgIpc) is 3.18. The summed E-state index contributed by atoms with van der Waals surface area (Å²) in [5, 5.41) is 28.3. The molecule has 0 aromatic carbocycles. The topological polar surface area (TPSA) is 149 Å². The number of carbonyl (C=O) groups is 2. The molecule has 1 rings (SSSR count). The summed E-state index contributed by atoms with van der Waals surface area (Å²) in [4.78, 5) is 29.1. The third-order valence-corrected chi connectivity index (χ3v) is 7.11. The van der Waals surface area contributed by atoms with Gasteiger partial charge in [-0.15, -0.1) is 11.3 Å². The Kier molecular flexibility index (Phi) is 10.5. The lowest BCUT2D eigenvalue weighted by atomic mass is 9.90. The van der Waals surface area contributed by atoms with E-state index in [1.54, 1.807) is 0 Å². The molecule has 0 aliphatic rings. The van der Waals surface area contributed by atoms with E-state index < -0.39 is 40.1 Å². The number of carbonyl (C=O) groups excluding carboxylic acids is 2. The molecular weight excluding hydrogens is 456 g/mol. The molecule has 0 radical (unpaired) electrons. The summed E-state index contributed by atoms with van der Waals surface area (Å²) in [6, 6.07) is -0.837. The van der Waals surface area contributed by atoms with Crippen LogP contribution in [-0.2, 0) is 14.8 Å². The zero-order valence-electron chi connectivity index (χ0n) is 19.7. The van der Waals surface area contributed by atoms with Crippen LogP contribution in [0.25, 0.3) is 0 Å². The third-order valence-electron chi connectivity index (χ3n) is 4.91. The van der Waals surface area contributed by atoms with Gasteiger partial charge in [0.05, 0.1) is 24.3 Å². The maximum Gasteiger partial charge on any atom is 0.271 e. The van der Waals surface area contributed by atoms with Crippen LogP contribution in [0.1, 0.15) is 51.5 Å². The molecule has 0 saturated carbocycles. The lowest BCUT2D eigenvalue weighted by Crippen LogP contribution is -2.53. The first-order valence-corrected chi connectivity index (χ1v) is 13.2. The summed E-state index contributed by atoms with van der Waals surface area (Å²) in [6.07, 6.45) is -1.40. The molecule has 184 valence electrons. The molecule has 0 fully saturated rings. The van der Waals surface area contributed by atoms with Crippen LogP contribution in [0.5, 0.6) is 0 Å². The molecule has 0 aliphatic carbocycles. The van der Waals surface area contributed by atoms with E-state index >= 15 is 0 Å². The number of hydrogen-bond donors (Lipinski definition) is 4. The zero-order chi connectivity index (χ0) is 24.8. The number of aliphatic hydroxyl groups excluding tert-OH is 2. The van der Waals surface area contributed by atoms with E-state index in [1.807, 2.05) is 27.7 Å². The Morgan fingerprint density at radius 3 is 2.22 bits per heavy atom. The molecule has 1 aromatic heterocycles. The van der Waals surface area contributed by atoms with Gasteiger partial charge in [-0.2, -0.15) is 0 Å². The highest BCUT2D eigenvalue weighted by atomic mass is 32.2. The van der Waals surface area contributed by atoms with Crippen molar-refractivity contribution in [3.05, 3.63) is 11.1 Å². The highest BCUT2D eigenvalue weighted by molar-refractivity contribution is 7.92. The molecule has 0 saturated heterocycles. The number of amides is 2. The summed E-state index contributed by atoms with van der Waals surface area (Å²) in [5.41, 5.74) is -0.00123. The monoisotopic (exact) mass is 492 g/mol. The molecular formula is C20H36N4O6S2. The number of nitrogens with zero attached hydrogens (tertiary/aromatic N) is 2. The lowest BCUT2D eigenvalue weighted by Gasteiger charge is -2.31. The molecule has 0 spiro atoms. The van der Waals surface area contributed by atoms with Gasteiger partial charge in [0.2, 0.25) is 15.9 Å². The van der Waals surface area contributed by atoms with Gasteiger partial charge in [-0.05, 0) is 18.3 Å². The van der Waals surface area contributed by atoms with Gasteiger partial charge in [0.25, 0.3) is 5.91 Å². The van der Waals surface area contributed by atoms with E-state index in [-0.39, 0.29) is 28.6 Å². The Labute approximate surface area is 194 Å². The summed E-state index contributed by atoms with van der Waals surface area (Å²) in [6.45, 7) is 9.67. The van der Waals surface area contributed by atoms with Gasteiger partial charge >= 0.3 is 0 Å². The van der Waals surface area contributed by atoms with Crippen molar-refractivity contribution in [3.8, 4) is 0 Å².